The minimum absolute atomic E-state index is 0.00595. The Morgan fingerprint density at radius 2 is 2.00 bits per heavy atom. The van der Waals surface area contributed by atoms with E-state index in [1.54, 1.807) is 17.0 Å². The third kappa shape index (κ3) is 2.59. The van der Waals surface area contributed by atoms with E-state index in [9.17, 15) is 9.59 Å². The summed E-state index contributed by atoms with van der Waals surface area (Å²) in [6, 6.07) is 5.46. The summed E-state index contributed by atoms with van der Waals surface area (Å²) in [7, 11) is 0. The number of anilines is 1. The van der Waals surface area contributed by atoms with Crippen LogP contribution in [-0.2, 0) is 16.0 Å². The van der Waals surface area contributed by atoms with Crippen LogP contribution in [0, 0.1) is 5.92 Å². The number of halogens is 1. The first kappa shape index (κ1) is 13.6. The Bertz CT molecular complexity index is 549. The van der Waals surface area contributed by atoms with Crippen LogP contribution >= 0.6 is 11.6 Å². The minimum Gasteiger partial charge on any atom is -0.304 e. The summed E-state index contributed by atoms with van der Waals surface area (Å²) in [5.74, 6) is 0.345. The number of rotatable bonds is 3. The lowest BCUT2D eigenvalue weighted by Gasteiger charge is -2.24. The largest absolute Gasteiger partial charge is 0.304 e. The van der Waals surface area contributed by atoms with Crippen molar-refractivity contribution in [3.8, 4) is 0 Å². The molecule has 3 rings (SSSR count). The van der Waals surface area contributed by atoms with E-state index < -0.39 is 0 Å². The molecular formula is C16H18ClNO2. The lowest BCUT2D eigenvalue weighted by atomic mass is 9.86. The van der Waals surface area contributed by atoms with Crippen molar-refractivity contribution in [2.75, 3.05) is 11.4 Å². The molecule has 3 nitrogen and oxygen atoms in total. The first-order valence-corrected chi connectivity index (χ1v) is 7.64. The Morgan fingerprint density at radius 1 is 1.25 bits per heavy atom. The van der Waals surface area contributed by atoms with Gasteiger partial charge in [0.2, 0.25) is 5.91 Å². The molecule has 20 heavy (non-hydrogen) atoms. The van der Waals surface area contributed by atoms with Crippen LogP contribution in [0.4, 0.5) is 5.69 Å². The van der Waals surface area contributed by atoms with Gasteiger partial charge in [-0.1, -0.05) is 36.9 Å². The molecule has 0 bridgehead atoms. The number of hydrogen-bond acceptors (Lipinski definition) is 2. The molecule has 1 fully saturated rings. The van der Waals surface area contributed by atoms with E-state index in [-0.39, 0.29) is 24.2 Å². The van der Waals surface area contributed by atoms with Crippen molar-refractivity contribution in [1.82, 2.24) is 0 Å². The lowest BCUT2D eigenvalue weighted by molar-refractivity contribution is -0.125. The fourth-order valence-corrected chi connectivity index (χ4v) is 3.38. The molecule has 0 aromatic heterocycles. The van der Waals surface area contributed by atoms with Gasteiger partial charge in [-0.25, -0.2) is 0 Å². The van der Waals surface area contributed by atoms with Gasteiger partial charge in [0, 0.05) is 16.6 Å². The van der Waals surface area contributed by atoms with E-state index in [0.29, 0.717) is 11.4 Å². The maximum absolute atomic E-state index is 12.4. The van der Waals surface area contributed by atoms with Crippen LogP contribution in [0.3, 0.4) is 0 Å². The number of nitrogens with zero attached hydrogens (tertiary/aromatic N) is 1. The van der Waals surface area contributed by atoms with Crippen molar-refractivity contribution >= 4 is 29.0 Å². The third-order valence-corrected chi connectivity index (χ3v) is 4.59. The number of hydrogen-bond donors (Lipinski definition) is 0. The average molecular weight is 292 g/mol. The van der Waals surface area contributed by atoms with Gasteiger partial charge in [0.1, 0.15) is 0 Å². The zero-order chi connectivity index (χ0) is 14.1. The van der Waals surface area contributed by atoms with Crippen LogP contribution in [-0.4, -0.2) is 18.2 Å². The fourth-order valence-electron chi connectivity index (χ4n) is 3.21. The van der Waals surface area contributed by atoms with Gasteiger partial charge in [-0.05, 0) is 30.5 Å². The highest BCUT2D eigenvalue weighted by Gasteiger charge is 2.31. The van der Waals surface area contributed by atoms with Crippen molar-refractivity contribution in [2.24, 2.45) is 5.92 Å². The van der Waals surface area contributed by atoms with Gasteiger partial charge < -0.3 is 4.90 Å². The lowest BCUT2D eigenvalue weighted by Crippen LogP contribution is -2.36. The second-order valence-electron chi connectivity index (χ2n) is 5.73. The molecule has 1 saturated carbocycles. The topological polar surface area (TPSA) is 37.4 Å². The van der Waals surface area contributed by atoms with Gasteiger partial charge in [-0.3, -0.25) is 9.59 Å². The van der Waals surface area contributed by atoms with E-state index in [1.807, 2.05) is 6.07 Å². The number of amides is 1. The summed E-state index contributed by atoms with van der Waals surface area (Å²) in [6.07, 6.45) is 5.82. The fraction of sp³-hybridized carbons (Fsp3) is 0.500. The summed E-state index contributed by atoms with van der Waals surface area (Å²) < 4.78 is 0. The predicted molar refractivity (Wildman–Crippen MR) is 79.1 cm³/mol. The van der Waals surface area contributed by atoms with Gasteiger partial charge >= 0.3 is 0 Å². The molecule has 1 aromatic rings. The zero-order valence-corrected chi connectivity index (χ0v) is 12.2. The summed E-state index contributed by atoms with van der Waals surface area (Å²) in [5.41, 5.74) is 1.78. The Labute approximate surface area is 123 Å². The molecule has 0 radical (unpaired) electrons. The molecule has 0 N–H and O–H groups in total. The second-order valence-corrected chi connectivity index (χ2v) is 6.17. The Kier molecular flexibility index (Phi) is 3.79. The van der Waals surface area contributed by atoms with Crippen molar-refractivity contribution in [3.05, 3.63) is 28.8 Å². The van der Waals surface area contributed by atoms with Gasteiger partial charge in [-0.15, -0.1) is 0 Å². The molecule has 1 aliphatic heterocycles. The smallest absolute Gasteiger partial charge is 0.231 e. The number of carbonyl (C=O) groups is 2. The zero-order valence-electron chi connectivity index (χ0n) is 11.4. The number of fused-ring (bicyclic) bond motifs is 1. The van der Waals surface area contributed by atoms with Crippen LogP contribution < -0.4 is 4.90 Å². The van der Waals surface area contributed by atoms with Crippen molar-refractivity contribution < 1.29 is 9.59 Å². The number of carbonyl (C=O) groups excluding carboxylic acids is 2. The van der Waals surface area contributed by atoms with Crippen LogP contribution in [0.5, 0.6) is 0 Å². The van der Waals surface area contributed by atoms with Crippen LogP contribution in [0.1, 0.15) is 37.7 Å². The van der Waals surface area contributed by atoms with Gasteiger partial charge in [0.05, 0.1) is 13.0 Å². The molecule has 0 saturated heterocycles. The molecule has 2 aliphatic rings. The summed E-state index contributed by atoms with van der Waals surface area (Å²) >= 11 is 6.00. The number of benzene rings is 1. The summed E-state index contributed by atoms with van der Waals surface area (Å²) in [5, 5.41) is 0.605. The van der Waals surface area contributed by atoms with E-state index in [2.05, 4.69) is 0 Å². The average Bonchev–Trinajstić information content (AvgIpc) is 2.76. The van der Waals surface area contributed by atoms with Crippen LogP contribution in [0.25, 0.3) is 0 Å². The van der Waals surface area contributed by atoms with E-state index in [1.165, 1.54) is 6.42 Å². The monoisotopic (exact) mass is 291 g/mol. The number of Topliss-reactive ketones (excluding diaryl/α,β-unsaturated/α-hetero) is 1. The third-order valence-electron chi connectivity index (χ3n) is 4.36. The van der Waals surface area contributed by atoms with Gasteiger partial charge in [0.15, 0.2) is 5.78 Å². The molecule has 1 aromatic carbocycles. The van der Waals surface area contributed by atoms with E-state index in [4.69, 9.17) is 11.6 Å². The van der Waals surface area contributed by atoms with Gasteiger partial charge in [0.25, 0.3) is 0 Å². The highest BCUT2D eigenvalue weighted by molar-refractivity contribution is 6.31. The Hall–Kier alpha value is -1.35. The normalized spacial score (nSPS) is 19.2. The quantitative estimate of drug-likeness (QED) is 0.856. The molecule has 1 heterocycles. The molecule has 0 spiro atoms. The first-order chi connectivity index (χ1) is 9.65. The molecular weight excluding hydrogens is 274 g/mol. The SMILES string of the molecule is O=C(CN1C(=O)Cc2ccc(Cl)cc21)C1CCCCC1. The first-order valence-electron chi connectivity index (χ1n) is 7.26. The van der Waals surface area contributed by atoms with Gasteiger partial charge in [-0.2, -0.15) is 0 Å². The van der Waals surface area contributed by atoms with E-state index >= 15 is 0 Å². The van der Waals surface area contributed by atoms with Crippen LogP contribution in [0.15, 0.2) is 18.2 Å². The number of ketones is 1. The molecule has 1 aliphatic carbocycles. The summed E-state index contributed by atoms with van der Waals surface area (Å²) in [4.78, 5) is 26.1. The second kappa shape index (κ2) is 5.57. The van der Waals surface area contributed by atoms with E-state index in [0.717, 1.165) is 36.9 Å². The summed E-state index contributed by atoms with van der Waals surface area (Å²) in [6.45, 7) is 0.205. The predicted octanol–water partition coefficient (Wildman–Crippen LogP) is 3.38. The van der Waals surface area contributed by atoms with Crippen LogP contribution in [0.2, 0.25) is 5.02 Å². The molecule has 0 atom stereocenters. The molecule has 4 heteroatoms. The highest BCUT2D eigenvalue weighted by Crippen LogP contribution is 2.32. The van der Waals surface area contributed by atoms with Crippen molar-refractivity contribution in [3.63, 3.8) is 0 Å². The highest BCUT2D eigenvalue weighted by atomic mass is 35.5. The minimum atomic E-state index is 0.00595. The standard InChI is InChI=1S/C16H18ClNO2/c17-13-7-6-12-8-16(20)18(14(12)9-13)10-15(19)11-4-2-1-3-5-11/h6-7,9,11H,1-5,8,10H2. The Balaban J connectivity index is 1.76. The van der Waals surface area contributed by atoms with Crippen molar-refractivity contribution in [2.45, 2.75) is 38.5 Å². The van der Waals surface area contributed by atoms with Crippen molar-refractivity contribution in [1.29, 1.82) is 0 Å². The maximum atomic E-state index is 12.4. The molecule has 0 unspecified atom stereocenters. The maximum Gasteiger partial charge on any atom is 0.231 e. The molecule has 106 valence electrons. The molecule has 1 amide bonds. The Morgan fingerprint density at radius 3 is 2.75 bits per heavy atom.